The number of benzene rings is 1. The van der Waals surface area contributed by atoms with Crippen LogP contribution in [0.25, 0.3) is 0 Å². The van der Waals surface area contributed by atoms with Crippen molar-refractivity contribution in [3.8, 4) is 0 Å². The monoisotopic (exact) mass is 318 g/mol. The highest BCUT2D eigenvalue weighted by Crippen LogP contribution is 2.15. The van der Waals surface area contributed by atoms with Gasteiger partial charge in [-0.25, -0.2) is 5.43 Å². The van der Waals surface area contributed by atoms with Crippen molar-refractivity contribution in [1.29, 1.82) is 0 Å². The molecule has 1 rings (SSSR count). The lowest BCUT2D eigenvalue weighted by Crippen LogP contribution is -2.31. The molecule has 23 heavy (non-hydrogen) atoms. The molecule has 0 spiro atoms. The minimum Gasteiger partial charge on any atom is -0.465 e. The van der Waals surface area contributed by atoms with Gasteiger partial charge in [-0.15, -0.1) is 0 Å². The van der Waals surface area contributed by atoms with Crippen LogP contribution < -0.4 is 5.43 Å². The van der Waals surface area contributed by atoms with E-state index < -0.39 is 5.92 Å². The van der Waals surface area contributed by atoms with E-state index in [4.69, 9.17) is 4.74 Å². The van der Waals surface area contributed by atoms with E-state index in [1.165, 1.54) is 0 Å². The Morgan fingerprint density at radius 2 is 1.87 bits per heavy atom. The number of hydrogen-bond donors (Lipinski definition) is 1. The molecule has 0 aliphatic carbocycles. The Morgan fingerprint density at radius 3 is 2.43 bits per heavy atom. The second-order valence-electron chi connectivity index (χ2n) is 5.75. The quantitative estimate of drug-likeness (QED) is 0.455. The fourth-order valence-corrected chi connectivity index (χ4v) is 2.34. The third-order valence-electron chi connectivity index (χ3n) is 3.50. The summed E-state index contributed by atoms with van der Waals surface area (Å²) in [6.45, 7) is 7.70. The fourth-order valence-electron chi connectivity index (χ4n) is 2.34. The number of carbonyl (C=O) groups excluding carboxylic acids is 2. The summed E-state index contributed by atoms with van der Waals surface area (Å²) >= 11 is 0. The van der Waals surface area contributed by atoms with Crippen LogP contribution in [0.5, 0.6) is 0 Å². The van der Waals surface area contributed by atoms with E-state index in [1.54, 1.807) is 13.8 Å². The Labute approximate surface area is 138 Å². The molecule has 0 unspecified atom stereocenters. The van der Waals surface area contributed by atoms with Crippen LogP contribution >= 0.6 is 0 Å². The molecule has 1 aromatic rings. The molecule has 0 heterocycles. The summed E-state index contributed by atoms with van der Waals surface area (Å²) in [6, 6.07) is 9.80. The molecule has 1 amide bonds. The molecule has 0 fully saturated rings. The SMILES string of the molecule is CCOC(=O)[C@@H](/C(C)=N\NC(=O)CCc1ccccc1)C(C)C. The van der Waals surface area contributed by atoms with Gasteiger partial charge in [0, 0.05) is 12.1 Å². The van der Waals surface area contributed by atoms with Crippen LogP contribution in [-0.4, -0.2) is 24.2 Å². The molecular formula is C18H26N2O3. The average Bonchev–Trinajstić information content (AvgIpc) is 2.52. The molecule has 0 bridgehead atoms. The highest BCUT2D eigenvalue weighted by molar-refractivity contribution is 6.01. The number of aryl methyl sites for hydroxylation is 1. The highest BCUT2D eigenvalue weighted by atomic mass is 16.5. The summed E-state index contributed by atoms with van der Waals surface area (Å²) in [5.74, 6) is -0.856. The standard InChI is InChI=1S/C18H26N2O3/c1-5-23-18(22)17(13(2)3)14(4)19-20-16(21)12-11-15-9-7-6-8-10-15/h6-10,13,17H,5,11-12H2,1-4H3,(H,20,21)/b19-14-/t17-/m1/s1. The zero-order valence-electron chi connectivity index (χ0n) is 14.3. The van der Waals surface area contributed by atoms with Crippen LogP contribution in [0.3, 0.4) is 0 Å². The number of ether oxygens (including phenoxy) is 1. The Kier molecular flexibility index (Phi) is 8.02. The number of rotatable bonds is 8. The van der Waals surface area contributed by atoms with Gasteiger partial charge < -0.3 is 4.74 Å². The molecule has 126 valence electrons. The predicted molar refractivity (Wildman–Crippen MR) is 91.0 cm³/mol. The Morgan fingerprint density at radius 1 is 1.22 bits per heavy atom. The van der Waals surface area contributed by atoms with Crippen molar-refractivity contribution in [1.82, 2.24) is 5.43 Å². The van der Waals surface area contributed by atoms with E-state index in [1.807, 2.05) is 44.2 Å². The molecule has 5 heteroatoms. The van der Waals surface area contributed by atoms with Crippen molar-refractivity contribution in [3.63, 3.8) is 0 Å². The highest BCUT2D eigenvalue weighted by Gasteiger charge is 2.26. The summed E-state index contributed by atoms with van der Waals surface area (Å²) < 4.78 is 5.07. The van der Waals surface area contributed by atoms with E-state index in [0.717, 1.165) is 5.56 Å². The van der Waals surface area contributed by atoms with Gasteiger partial charge >= 0.3 is 5.97 Å². The van der Waals surface area contributed by atoms with Crippen LogP contribution in [0.15, 0.2) is 35.4 Å². The maximum absolute atomic E-state index is 12.0. The lowest BCUT2D eigenvalue weighted by molar-refractivity contribution is -0.146. The maximum atomic E-state index is 12.0. The van der Waals surface area contributed by atoms with Gasteiger partial charge in [-0.05, 0) is 31.7 Å². The van der Waals surface area contributed by atoms with Crippen LogP contribution in [-0.2, 0) is 20.7 Å². The minimum absolute atomic E-state index is 0.0546. The summed E-state index contributed by atoms with van der Waals surface area (Å²) in [4.78, 5) is 23.8. The average molecular weight is 318 g/mol. The largest absolute Gasteiger partial charge is 0.465 e. The van der Waals surface area contributed by atoms with Crippen molar-refractivity contribution in [2.45, 2.75) is 40.5 Å². The third kappa shape index (κ3) is 6.63. The van der Waals surface area contributed by atoms with Crippen LogP contribution in [0.4, 0.5) is 0 Å². The van der Waals surface area contributed by atoms with Crippen molar-refractivity contribution >= 4 is 17.6 Å². The van der Waals surface area contributed by atoms with Gasteiger partial charge in [0.1, 0.15) is 0 Å². The van der Waals surface area contributed by atoms with Crippen molar-refractivity contribution in [3.05, 3.63) is 35.9 Å². The Balaban J connectivity index is 2.55. The fraction of sp³-hybridized carbons (Fsp3) is 0.500. The molecule has 0 aliphatic rings. The second kappa shape index (κ2) is 9.77. The van der Waals surface area contributed by atoms with Gasteiger partial charge in [0.2, 0.25) is 5.91 Å². The van der Waals surface area contributed by atoms with Gasteiger partial charge in [-0.1, -0.05) is 44.2 Å². The van der Waals surface area contributed by atoms with E-state index in [2.05, 4.69) is 10.5 Å². The number of amides is 1. The maximum Gasteiger partial charge on any atom is 0.314 e. The smallest absolute Gasteiger partial charge is 0.314 e. The van der Waals surface area contributed by atoms with Gasteiger partial charge in [0.05, 0.1) is 12.5 Å². The molecule has 0 saturated carbocycles. The summed E-state index contributed by atoms with van der Waals surface area (Å²) in [6.07, 6.45) is 1.01. The van der Waals surface area contributed by atoms with Gasteiger partial charge in [-0.3, -0.25) is 9.59 Å². The molecule has 0 saturated heterocycles. The lowest BCUT2D eigenvalue weighted by Gasteiger charge is -2.18. The first-order valence-electron chi connectivity index (χ1n) is 7.99. The molecule has 0 aliphatic heterocycles. The van der Waals surface area contributed by atoms with Gasteiger partial charge in [0.25, 0.3) is 0 Å². The number of nitrogens with one attached hydrogen (secondary N) is 1. The van der Waals surface area contributed by atoms with Gasteiger partial charge in [-0.2, -0.15) is 5.10 Å². The van der Waals surface area contributed by atoms with E-state index in [9.17, 15) is 9.59 Å². The molecule has 5 nitrogen and oxygen atoms in total. The second-order valence-corrected chi connectivity index (χ2v) is 5.75. The summed E-state index contributed by atoms with van der Waals surface area (Å²) in [5, 5.41) is 4.08. The zero-order valence-corrected chi connectivity index (χ0v) is 14.3. The number of nitrogens with zero attached hydrogens (tertiary/aromatic N) is 1. The zero-order chi connectivity index (χ0) is 17.2. The van der Waals surface area contributed by atoms with Crippen LogP contribution in [0.2, 0.25) is 0 Å². The Hall–Kier alpha value is -2.17. The summed E-state index contributed by atoms with van der Waals surface area (Å²) in [5.41, 5.74) is 4.19. The topological polar surface area (TPSA) is 67.8 Å². The molecule has 0 radical (unpaired) electrons. The predicted octanol–water partition coefficient (Wildman–Crippen LogP) is 2.95. The molecule has 1 atom stereocenters. The minimum atomic E-state index is -0.440. The number of hydrogen-bond acceptors (Lipinski definition) is 4. The first kappa shape index (κ1) is 18.9. The van der Waals surface area contributed by atoms with E-state index >= 15 is 0 Å². The van der Waals surface area contributed by atoms with Crippen molar-refractivity contribution < 1.29 is 14.3 Å². The molecule has 1 aromatic carbocycles. The molecule has 0 aromatic heterocycles. The Bertz CT molecular complexity index is 538. The first-order valence-corrected chi connectivity index (χ1v) is 7.99. The van der Waals surface area contributed by atoms with Crippen molar-refractivity contribution in [2.24, 2.45) is 16.9 Å². The first-order chi connectivity index (χ1) is 11.0. The normalized spacial score (nSPS) is 12.8. The number of carbonyl (C=O) groups is 2. The van der Waals surface area contributed by atoms with E-state index in [-0.39, 0.29) is 17.8 Å². The van der Waals surface area contributed by atoms with Crippen LogP contribution in [0, 0.1) is 11.8 Å². The molecule has 1 N–H and O–H groups in total. The number of esters is 1. The summed E-state index contributed by atoms with van der Waals surface area (Å²) in [7, 11) is 0. The third-order valence-corrected chi connectivity index (χ3v) is 3.50. The number of hydrazone groups is 1. The lowest BCUT2D eigenvalue weighted by atomic mass is 9.92. The van der Waals surface area contributed by atoms with E-state index in [0.29, 0.717) is 25.2 Å². The van der Waals surface area contributed by atoms with Crippen molar-refractivity contribution in [2.75, 3.05) is 6.61 Å². The van der Waals surface area contributed by atoms with Crippen LogP contribution in [0.1, 0.15) is 39.7 Å². The molecular weight excluding hydrogens is 292 g/mol. The van der Waals surface area contributed by atoms with Gasteiger partial charge in [0.15, 0.2) is 0 Å².